The molecule has 0 aromatic heterocycles. The van der Waals surface area contributed by atoms with E-state index < -0.39 is 20.7 Å². The van der Waals surface area contributed by atoms with Gasteiger partial charge in [-0.1, -0.05) is 29.3 Å². The average molecular weight is 349 g/mol. The minimum atomic E-state index is -4.20. The number of anilines is 2. The zero-order valence-electron chi connectivity index (χ0n) is 10.8. The van der Waals surface area contributed by atoms with E-state index in [9.17, 15) is 12.8 Å². The van der Waals surface area contributed by atoms with Crippen LogP contribution in [-0.2, 0) is 10.0 Å². The molecule has 0 saturated heterocycles. The first-order valence-electron chi connectivity index (χ1n) is 5.75. The third-order valence-corrected chi connectivity index (χ3v) is 4.93. The largest absolute Gasteiger partial charge is 0.399 e. The fraction of sp³-hybridized carbons (Fsp3) is 0.0769. The van der Waals surface area contributed by atoms with Crippen molar-refractivity contribution in [3.63, 3.8) is 0 Å². The number of rotatable bonds is 3. The molecule has 4 nitrogen and oxygen atoms in total. The highest BCUT2D eigenvalue weighted by Gasteiger charge is 2.22. The van der Waals surface area contributed by atoms with E-state index in [1.165, 1.54) is 12.1 Å². The van der Waals surface area contributed by atoms with Gasteiger partial charge in [0.2, 0.25) is 0 Å². The lowest BCUT2D eigenvalue weighted by Crippen LogP contribution is -2.15. The van der Waals surface area contributed by atoms with Crippen molar-refractivity contribution in [3.8, 4) is 0 Å². The number of nitrogens with two attached hydrogens (primary N) is 1. The van der Waals surface area contributed by atoms with Gasteiger partial charge in [-0.25, -0.2) is 12.8 Å². The Kier molecular flexibility index (Phi) is 4.32. The summed E-state index contributed by atoms with van der Waals surface area (Å²) in [7, 11) is -4.20. The van der Waals surface area contributed by atoms with Crippen molar-refractivity contribution < 1.29 is 12.8 Å². The van der Waals surface area contributed by atoms with Crippen molar-refractivity contribution in [1.82, 2.24) is 0 Å². The molecule has 0 atom stereocenters. The van der Waals surface area contributed by atoms with Gasteiger partial charge < -0.3 is 5.73 Å². The number of halogens is 3. The van der Waals surface area contributed by atoms with Crippen molar-refractivity contribution in [2.24, 2.45) is 0 Å². The first kappa shape index (κ1) is 15.9. The van der Waals surface area contributed by atoms with Crippen LogP contribution in [0.3, 0.4) is 0 Å². The van der Waals surface area contributed by atoms with Gasteiger partial charge in [0.05, 0.1) is 15.7 Å². The van der Waals surface area contributed by atoms with Crippen LogP contribution in [0.1, 0.15) is 5.56 Å². The number of hydrogen-bond acceptors (Lipinski definition) is 3. The van der Waals surface area contributed by atoms with E-state index in [0.717, 1.165) is 12.1 Å². The topological polar surface area (TPSA) is 72.2 Å². The Hall–Kier alpha value is -1.50. The Morgan fingerprint density at radius 3 is 2.52 bits per heavy atom. The molecule has 112 valence electrons. The third-order valence-electron chi connectivity index (χ3n) is 2.77. The van der Waals surface area contributed by atoms with Gasteiger partial charge in [-0.05, 0) is 36.8 Å². The lowest BCUT2D eigenvalue weighted by molar-refractivity contribution is 0.570. The Balaban J connectivity index is 2.53. The highest BCUT2D eigenvalue weighted by atomic mass is 35.5. The molecule has 21 heavy (non-hydrogen) atoms. The minimum absolute atomic E-state index is 0.000146. The summed E-state index contributed by atoms with van der Waals surface area (Å²) in [5.74, 6) is -0.920. The van der Waals surface area contributed by atoms with Crippen molar-refractivity contribution >= 4 is 44.6 Å². The molecule has 3 N–H and O–H groups in total. The summed E-state index contributed by atoms with van der Waals surface area (Å²) < 4.78 is 40.4. The third kappa shape index (κ3) is 3.23. The Bertz CT molecular complexity index is 810. The summed E-state index contributed by atoms with van der Waals surface area (Å²) in [5, 5.41) is 0.258. The van der Waals surface area contributed by atoms with E-state index in [4.69, 9.17) is 28.9 Å². The van der Waals surface area contributed by atoms with Crippen molar-refractivity contribution in [2.75, 3.05) is 10.5 Å². The zero-order chi connectivity index (χ0) is 15.8. The molecule has 0 fully saturated rings. The predicted octanol–water partition coefficient (Wildman–Crippen LogP) is 3.82. The number of nitrogen functional groups attached to an aromatic ring is 1. The fourth-order valence-corrected chi connectivity index (χ4v) is 3.45. The van der Waals surface area contributed by atoms with Gasteiger partial charge in [0, 0.05) is 5.69 Å². The number of sulfonamides is 1. The van der Waals surface area contributed by atoms with Gasteiger partial charge >= 0.3 is 0 Å². The van der Waals surface area contributed by atoms with Crippen LogP contribution in [-0.4, -0.2) is 8.42 Å². The second kappa shape index (κ2) is 5.71. The highest BCUT2D eigenvalue weighted by Crippen LogP contribution is 2.34. The van der Waals surface area contributed by atoms with Crippen molar-refractivity contribution in [1.29, 1.82) is 0 Å². The number of nitrogens with one attached hydrogen (secondary N) is 1. The molecule has 0 radical (unpaired) electrons. The molecule has 8 heteroatoms. The smallest absolute Gasteiger partial charge is 0.264 e. The summed E-state index contributed by atoms with van der Waals surface area (Å²) in [6, 6.07) is 6.40. The first-order chi connectivity index (χ1) is 9.72. The quantitative estimate of drug-likeness (QED) is 0.828. The monoisotopic (exact) mass is 348 g/mol. The van der Waals surface area contributed by atoms with Gasteiger partial charge in [0.25, 0.3) is 10.0 Å². The SMILES string of the molecule is Cc1ccc(Cl)c(NS(=O)(=O)c2cc(N)ccc2F)c1Cl. The van der Waals surface area contributed by atoms with Crippen molar-refractivity contribution in [2.45, 2.75) is 11.8 Å². The van der Waals surface area contributed by atoms with Crippen LogP contribution in [0.4, 0.5) is 15.8 Å². The summed E-state index contributed by atoms with van der Waals surface area (Å²) in [6.07, 6.45) is 0. The number of aryl methyl sites for hydroxylation is 1. The lowest BCUT2D eigenvalue weighted by atomic mass is 10.2. The van der Waals surface area contributed by atoms with Gasteiger partial charge in [0.1, 0.15) is 10.7 Å². The van der Waals surface area contributed by atoms with Gasteiger partial charge in [-0.3, -0.25) is 4.72 Å². The summed E-state index contributed by atoms with van der Waals surface area (Å²) >= 11 is 12.0. The summed E-state index contributed by atoms with van der Waals surface area (Å²) in [4.78, 5) is -0.573. The second-order valence-electron chi connectivity index (χ2n) is 4.35. The molecule has 2 aromatic rings. The molecule has 0 aliphatic heterocycles. The van der Waals surface area contributed by atoms with Crippen LogP contribution in [0.5, 0.6) is 0 Å². The van der Waals surface area contributed by atoms with Gasteiger partial charge in [0.15, 0.2) is 0 Å². The van der Waals surface area contributed by atoms with E-state index in [2.05, 4.69) is 4.72 Å². The molecular weight excluding hydrogens is 338 g/mol. The van der Waals surface area contributed by atoms with Crippen LogP contribution in [0.15, 0.2) is 35.2 Å². The van der Waals surface area contributed by atoms with Crippen LogP contribution in [0, 0.1) is 12.7 Å². The Labute approximate surface area is 131 Å². The molecule has 0 bridgehead atoms. The lowest BCUT2D eigenvalue weighted by Gasteiger charge is -2.13. The standard InChI is InChI=1S/C13H11Cl2FN2O2S/c1-7-2-4-9(14)13(12(7)15)18-21(19,20)11-6-8(17)3-5-10(11)16/h2-6,18H,17H2,1H3. The normalized spacial score (nSPS) is 11.4. The van der Waals surface area contributed by atoms with E-state index in [1.54, 1.807) is 13.0 Å². The maximum absolute atomic E-state index is 13.7. The predicted molar refractivity (Wildman–Crippen MR) is 82.8 cm³/mol. The number of benzene rings is 2. The van der Waals surface area contributed by atoms with Crippen LogP contribution in [0.2, 0.25) is 10.0 Å². The van der Waals surface area contributed by atoms with Gasteiger partial charge in [-0.2, -0.15) is 0 Å². The minimum Gasteiger partial charge on any atom is -0.399 e. The maximum atomic E-state index is 13.7. The fourth-order valence-electron chi connectivity index (χ4n) is 1.67. The molecule has 0 heterocycles. The van der Waals surface area contributed by atoms with Crippen LogP contribution < -0.4 is 10.5 Å². The molecular formula is C13H11Cl2FN2O2S. The van der Waals surface area contributed by atoms with Crippen molar-refractivity contribution in [3.05, 3.63) is 51.8 Å². The summed E-state index contributed by atoms with van der Waals surface area (Å²) in [5.41, 5.74) is 6.25. The molecule has 2 rings (SSSR count). The highest BCUT2D eigenvalue weighted by molar-refractivity contribution is 7.92. The maximum Gasteiger partial charge on any atom is 0.264 e. The van der Waals surface area contributed by atoms with E-state index in [-0.39, 0.29) is 21.4 Å². The molecule has 0 spiro atoms. The Morgan fingerprint density at radius 2 is 1.86 bits per heavy atom. The molecule has 0 aliphatic carbocycles. The zero-order valence-corrected chi connectivity index (χ0v) is 13.2. The van der Waals surface area contributed by atoms with Crippen LogP contribution >= 0.6 is 23.2 Å². The average Bonchev–Trinajstić information content (AvgIpc) is 2.42. The molecule has 0 saturated carbocycles. The second-order valence-corrected chi connectivity index (χ2v) is 6.78. The van der Waals surface area contributed by atoms with Gasteiger partial charge in [-0.15, -0.1) is 0 Å². The molecule has 2 aromatic carbocycles. The van der Waals surface area contributed by atoms with Crippen LogP contribution in [0.25, 0.3) is 0 Å². The van der Waals surface area contributed by atoms with E-state index >= 15 is 0 Å². The molecule has 0 aliphatic rings. The Morgan fingerprint density at radius 1 is 1.19 bits per heavy atom. The molecule has 0 unspecified atom stereocenters. The van der Waals surface area contributed by atoms with E-state index in [0.29, 0.717) is 5.56 Å². The van der Waals surface area contributed by atoms with E-state index in [1.807, 2.05) is 0 Å². The first-order valence-corrected chi connectivity index (χ1v) is 7.99. The molecule has 0 amide bonds. The number of hydrogen-bond donors (Lipinski definition) is 2. The summed E-state index contributed by atoms with van der Waals surface area (Å²) in [6.45, 7) is 1.69.